The van der Waals surface area contributed by atoms with Crippen molar-refractivity contribution in [3.63, 3.8) is 0 Å². The van der Waals surface area contributed by atoms with Gasteiger partial charge in [0.25, 0.3) is 11.8 Å². The van der Waals surface area contributed by atoms with Crippen molar-refractivity contribution in [3.8, 4) is 0 Å². The Balaban J connectivity index is 0.000000276. The first-order chi connectivity index (χ1) is 9.50. The van der Waals surface area contributed by atoms with Crippen LogP contribution in [0.1, 0.15) is 19.3 Å². The quantitative estimate of drug-likeness (QED) is 0.499. The Labute approximate surface area is 127 Å². The van der Waals surface area contributed by atoms with Crippen LogP contribution in [-0.2, 0) is 19.2 Å². The normalized spacial score (nSPS) is 14.1. The van der Waals surface area contributed by atoms with Gasteiger partial charge in [0.1, 0.15) is 0 Å². The summed E-state index contributed by atoms with van der Waals surface area (Å²) in [6.45, 7) is 0. The van der Waals surface area contributed by atoms with Crippen molar-refractivity contribution >= 4 is 43.0 Å². The second kappa shape index (κ2) is 8.60. The summed E-state index contributed by atoms with van der Waals surface area (Å²) in [5.74, 6) is -1.67. The fraction of sp³-hybridized carbons (Fsp3) is 0.333. The Morgan fingerprint density at radius 3 is 2.10 bits per heavy atom. The second-order valence-corrected chi connectivity index (χ2v) is 5.41. The van der Waals surface area contributed by atoms with Crippen molar-refractivity contribution in [2.75, 3.05) is 0 Å². The second-order valence-electron chi connectivity index (χ2n) is 3.75. The lowest BCUT2D eigenvalue weighted by Crippen LogP contribution is -2.32. The van der Waals surface area contributed by atoms with Gasteiger partial charge in [-0.3, -0.25) is 14.6 Å². The molecule has 6 nitrogen and oxygen atoms in total. The standard InChI is InChI=1S/C7H9NO4S2.C5H5N/c9-4-1-2-5(10)8(4)12-6(11)3-7(13)14;1-2-4-6-5-3-1/h7,13-14H,1-3H2;1-5H. The summed E-state index contributed by atoms with van der Waals surface area (Å²) in [6.07, 6.45) is 3.62. The number of hydrogen-bond acceptors (Lipinski definition) is 7. The molecule has 8 heteroatoms. The number of hydroxylamine groups is 2. The first kappa shape index (κ1) is 16.5. The van der Waals surface area contributed by atoms with Crippen molar-refractivity contribution in [1.29, 1.82) is 0 Å². The molecule has 2 rings (SSSR count). The van der Waals surface area contributed by atoms with Gasteiger partial charge in [-0.2, -0.15) is 25.3 Å². The van der Waals surface area contributed by atoms with Crippen LogP contribution in [0.2, 0.25) is 0 Å². The molecule has 108 valence electrons. The minimum Gasteiger partial charge on any atom is -0.330 e. The molecule has 0 N–H and O–H groups in total. The summed E-state index contributed by atoms with van der Waals surface area (Å²) in [5, 5.41) is 0.506. The number of nitrogens with zero attached hydrogens (tertiary/aromatic N) is 2. The van der Waals surface area contributed by atoms with E-state index < -0.39 is 22.4 Å². The molecule has 2 amide bonds. The summed E-state index contributed by atoms with van der Waals surface area (Å²) >= 11 is 7.71. The molecule has 0 radical (unpaired) electrons. The van der Waals surface area contributed by atoms with Crippen molar-refractivity contribution in [1.82, 2.24) is 10.0 Å². The van der Waals surface area contributed by atoms with E-state index in [-0.39, 0.29) is 19.3 Å². The van der Waals surface area contributed by atoms with Crippen LogP contribution in [0.3, 0.4) is 0 Å². The SMILES string of the molecule is O=C(CC(S)S)ON1C(=O)CCC1=O.c1ccncc1. The van der Waals surface area contributed by atoms with E-state index in [0.717, 1.165) is 0 Å². The number of pyridine rings is 1. The molecule has 0 atom stereocenters. The maximum absolute atomic E-state index is 11.0. The summed E-state index contributed by atoms with van der Waals surface area (Å²) in [6, 6.07) is 5.72. The lowest BCUT2D eigenvalue weighted by molar-refractivity contribution is -0.197. The third-order valence-electron chi connectivity index (χ3n) is 2.11. The highest BCUT2D eigenvalue weighted by Gasteiger charge is 2.32. The number of imide groups is 1. The lowest BCUT2D eigenvalue weighted by atomic mass is 10.4. The van der Waals surface area contributed by atoms with E-state index >= 15 is 0 Å². The highest BCUT2D eigenvalue weighted by Crippen LogP contribution is 2.14. The van der Waals surface area contributed by atoms with Crippen LogP contribution in [-0.4, -0.2) is 32.4 Å². The van der Waals surface area contributed by atoms with Gasteiger partial charge >= 0.3 is 5.97 Å². The molecule has 0 aromatic carbocycles. The zero-order valence-corrected chi connectivity index (χ0v) is 12.3. The first-order valence-corrected chi connectivity index (χ1v) is 6.81. The molecular formula is C12H14N2O4S2. The van der Waals surface area contributed by atoms with Gasteiger partial charge in [-0.25, -0.2) is 4.79 Å². The van der Waals surface area contributed by atoms with Gasteiger partial charge in [-0.15, -0.1) is 5.06 Å². The predicted molar refractivity (Wildman–Crippen MR) is 77.8 cm³/mol. The summed E-state index contributed by atoms with van der Waals surface area (Å²) < 4.78 is -0.463. The molecule has 1 aliphatic rings. The molecule has 1 aliphatic heterocycles. The van der Waals surface area contributed by atoms with Crippen LogP contribution in [0.5, 0.6) is 0 Å². The van der Waals surface area contributed by atoms with Crippen LogP contribution in [0.4, 0.5) is 0 Å². The number of aromatic nitrogens is 1. The van der Waals surface area contributed by atoms with Gasteiger partial charge in [0.05, 0.1) is 11.0 Å². The zero-order valence-electron chi connectivity index (χ0n) is 10.5. The molecule has 1 fully saturated rings. The molecule has 1 saturated heterocycles. The molecule has 1 aromatic heterocycles. The number of hydrogen-bond donors (Lipinski definition) is 2. The topological polar surface area (TPSA) is 76.6 Å². The number of amides is 2. The molecule has 0 bridgehead atoms. The monoisotopic (exact) mass is 314 g/mol. The Morgan fingerprint density at radius 1 is 1.20 bits per heavy atom. The molecule has 0 unspecified atom stereocenters. The van der Waals surface area contributed by atoms with Crippen LogP contribution in [0.15, 0.2) is 30.6 Å². The third-order valence-corrected chi connectivity index (χ3v) is 2.48. The number of thiol groups is 2. The minimum atomic E-state index is -0.691. The Kier molecular flexibility index (Phi) is 7.10. The molecule has 0 saturated carbocycles. The fourth-order valence-electron chi connectivity index (χ4n) is 1.26. The zero-order chi connectivity index (χ0) is 15.0. The van der Waals surface area contributed by atoms with Crippen LogP contribution in [0.25, 0.3) is 0 Å². The maximum atomic E-state index is 11.0. The molecule has 0 aliphatic carbocycles. The van der Waals surface area contributed by atoms with E-state index in [1.54, 1.807) is 12.4 Å². The van der Waals surface area contributed by atoms with E-state index in [4.69, 9.17) is 0 Å². The van der Waals surface area contributed by atoms with Crippen LogP contribution < -0.4 is 0 Å². The van der Waals surface area contributed by atoms with Gasteiger partial charge in [0, 0.05) is 25.2 Å². The smallest absolute Gasteiger partial charge is 0.330 e. The fourth-order valence-corrected chi connectivity index (χ4v) is 1.56. The average Bonchev–Trinajstić information content (AvgIpc) is 2.72. The van der Waals surface area contributed by atoms with Crippen molar-refractivity contribution in [2.24, 2.45) is 0 Å². The van der Waals surface area contributed by atoms with Gasteiger partial charge in [-0.1, -0.05) is 6.07 Å². The Hall–Kier alpha value is -1.54. The van der Waals surface area contributed by atoms with Crippen molar-refractivity contribution < 1.29 is 19.2 Å². The first-order valence-electron chi connectivity index (χ1n) is 5.78. The summed E-state index contributed by atoms with van der Waals surface area (Å²) in [5.41, 5.74) is 0. The van der Waals surface area contributed by atoms with E-state index in [1.807, 2.05) is 18.2 Å². The molecule has 2 heterocycles. The van der Waals surface area contributed by atoms with E-state index in [2.05, 4.69) is 35.1 Å². The molecular weight excluding hydrogens is 300 g/mol. The van der Waals surface area contributed by atoms with Gasteiger partial charge in [-0.05, 0) is 12.1 Å². The number of carbonyl (C=O) groups excluding carboxylic acids is 3. The Morgan fingerprint density at radius 2 is 1.75 bits per heavy atom. The van der Waals surface area contributed by atoms with Crippen LogP contribution in [0, 0.1) is 0 Å². The van der Waals surface area contributed by atoms with Crippen molar-refractivity contribution in [3.05, 3.63) is 30.6 Å². The maximum Gasteiger partial charge on any atom is 0.335 e. The highest BCUT2D eigenvalue weighted by atomic mass is 32.2. The van der Waals surface area contributed by atoms with Gasteiger partial charge in [0.15, 0.2) is 0 Å². The lowest BCUT2D eigenvalue weighted by Gasteiger charge is -2.12. The average molecular weight is 314 g/mol. The molecule has 20 heavy (non-hydrogen) atoms. The predicted octanol–water partition coefficient (Wildman–Crippen LogP) is 1.25. The summed E-state index contributed by atoms with van der Waals surface area (Å²) in [7, 11) is 0. The van der Waals surface area contributed by atoms with Crippen molar-refractivity contribution in [2.45, 2.75) is 23.8 Å². The van der Waals surface area contributed by atoms with Gasteiger partial charge < -0.3 is 4.84 Å². The van der Waals surface area contributed by atoms with E-state index in [9.17, 15) is 14.4 Å². The molecule has 1 aromatic rings. The van der Waals surface area contributed by atoms with E-state index in [1.165, 1.54) is 0 Å². The van der Waals surface area contributed by atoms with Crippen LogP contribution >= 0.6 is 25.3 Å². The molecule has 0 spiro atoms. The highest BCUT2D eigenvalue weighted by molar-refractivity contribution is 7.99. The number of carbonyl (C=O) groups is 3. The van der Waals surface area contributed by atoms with Gasteiger partial charge in [0.2, 0.25) is 0 Å². The summed E-state index contributed by atoms with van der Waals surface area (Å²) in [4.78, 5) is 41.4. The Bertz CT molecular complexity index is 425. The third kappa shape index (κ3) is 6.07. The van der Waals surface area contributed by atoms with E-state index in [0.29, 0.717) is 5.06 Å². The largest absolute Gasteiger partial charge is 0.335 e. The number of rotatable bonds is 3. The minimum absolute atomic E-state index is 0.0662.